The van der Waals surface area contributed by atoms with Gasteiger partial charge in [0.1, 0.15) is 12.1 Å². The molecule has 1 unspecified atom stereocenters. The molecular weight excluding hydrogens is 447 g/mol. The summed E-state index contributed by atoms with van der Waals surface area (Å²) in [5, 5.41) is 6.46. The molecule has 0 spiro atoms. The van der Waals surface area contributed by atoms with Crippen molar-refractivity contribution >= 4 is 35.9 Å². The molecule has 2 fully saturated rings. The number of carbonyl (C=O) groups is 1. The molecule has 1 atom stereocenters. The van der Waals surface area contributed by atoms with E-state index in [0.717, 1.165) is 45.7 Å². The monoisotopic (exact) mass is 482 g/mol. The van der Waals surface area contributed by atoms with Crippen molar-refractivity contribution in [2.75, 3.05) is 46.4 Å². The standard InChI is InChI=1S/C18H34N4O3.HI/c1-18(2,3)25-16(23)11-20-17(19-4)21-15-5-8-22(9-6-15)12-14-7-10-24-13-14;/h14-15H,5-13H2,1-4H3,(H2,19,20,21);1H. The molecule has 2 aliphatic rings. The maximum absolute atomic E-state index is 11.8. The smallest absolute Gasteiger partial charge is 0.325 e. The van der Waals surface area contributed by atoms with Crippen molar-refractivity contribution in [2.45, 2.75) is 51.7 Å². The summed E-state index contributed by atoms with van der Waals surface area (Å²) in [5.74, 6) is 1.09. The van der Waals surface area contributed by atoms with Crippen LogP contribution < -0.4 is 10.6 Å². The summed E-state index contributed by atoms with van der Waals surface area (Å²) in [4.78, 5) is 18.5. The first-order valence-electron chi connectivity index (χ1n) is 9.35. The molecule has 7 nitrogen and oxygen atoms in total. The van der Waals surface area contributed by atoms with Crippen molar-refractivity contribution in [3.05, 3.63) is 0 Å². The molecule has 8 heteroatoms. The third-order valence-corrected chi connectivity index (χ3v) is 4.51. The fourth-order valence-corrected chi connectivity index (χ4v) is 3.27. The van der Waals surface area contributed by atoms with Crippen LogP contribution in [0.1, 0.15) is 40.0 Å². The van der Waals surface area contributed by atoms with Crippen molar-refractivity contribution in [3.8, 4) is 0 Å². The first-order valence-corrected chi connectivity index (χ1v) is 9.35. The fourth-order valence-electron chi connectivity index (χ4n) is 3.27. The van der Waals surface area contributed by atoms with E-state index in [1.165, 1.54) is 6.42 Å². The number of carbonyl (C=O) groups excluding carboxylic acids is 1. The summed E-state index contributed by atoms with van der Waals surface area (Å²) in [6.45, 7) is 10.9. The second-order valence-electron chi connectivity index (χ2n) is 7.96. The van der Waals surface area contributed by atoms with Gasteiger partial charge in [-0.1, -0.05) is 0 Å². The van der Waals surface area contributed by atoms with Crippen LogP contribution in [-0.4, -0.2) is 74.9 Å². The van der Waals surface area contributed by atoms with Crippen molar-refractivity contribution in [3.63, 3.8) is 0 Å². The van der Waals surface area contributed by atoms with E-state index in [0.29, 0.717) is 17.9 Å². The average molecular weight is 482 g/mol. The van der Waals surface area contributed by atoms with Gasteiger partial charge < -0.3 is 25.0 Å². The van der Waals surface area contributed by atoms with E-state index < -0.39 is 5.60 Å². The van der Waals surface area contributed by atoms with Gasteiger partial charge in [0, 0.05) is 39.3 Å². The van der Waals surface area contributed by atoms with Gasteiger partial charge in [-0.2, -0.15) is 0 Å². The van der Waals surface area contributed by atoms with Gasteiger partial charge in [0.25, 0.3) is 0 Å². The highest BCUT2D eigenvalue weighted by Crippen LogP contribution is 2.17. The lowest BCUT2D eigenvalue weighted by molar-refractivity contribution is -0.153. The third-order valence-electron chi connectivity index (χ3n) is 4.51. The molecule has 0 bridgehead atoms. The van der Waals surface area contributed by atoms with Gasteiger partial charge in [0.15, 0.2) is 5.96 Å². The SMILES string of the molecule is CN=C(NCC(=O)OC(C)(C)C)NC1CCN(CC2CCOC2)CC1.I. The van der Waals surface area contributed by atoms with Crippen molar-refractivity contribution in [1.82, 2.24) is 15.5 Å². The minimum absolute atomic E-state index is 0. The number of nitrogens with zero attached hydrogens (tertiary/aromatic N) is 2. The number of guanidine groups is 1. The van der Waals surface area contributed by atoms with Crippen LogP contribution in [0.15, 0.2) is 4.99 Å². The maximum Gasteiger partial charge on any atom is 0.325 e. The van der Waals surface area contributed by atoms with Crippen LogP contribution in [0.3, 0.4) is 0 Å². The highest BCUT2D eigenvalue weighted by atomic mass is 127. The maximum atomic E-state index is 11.8. The number of rotatable bonds is 5. The Hall–Kier alpha value is -0.610. The molecule has 26 heavy (non-hydrogen) atoms. The summed E-state index contributed by atoms with van der Waals surface area (Å²) < 4.78 is 10.8. The van der Waals surface area contributed by atoms with E-state index in [1.807, 2.05) is 20.8 Å². The number of ether oxygens (including phenoxy) is 2. The highest BCUT2D eigenvalue weighted by Gasteiger charge is 2.24. The summed E-state index contributed by atoms with van der Waals surface area (Å²) in [6, 6.07) is 0.390. The Morgan fingerprint density at radius 2 is 1.96 bits per heavy atom. The summed E-state index contributed by atoms with van der Waals surface area (Å²) >= 11 is 0. The number of esters is 1. The van der Waals surface area contributed by atoms with Crippen LogP contribution in [0.4, 0.5) is 0 Å². The number of piperidine rings is 1. The Kier molecular flexibility index (Phi) is 10.2. The van der Waals surface area contributed by atoms with Crippen LogP contribution >= 0.6 is 24.0 Å². The van der Waals surface area contributed by atoms with Crippen LogP contribution in [0.5, 0.6) is 0 Å². The van der Waals surface area contributed by atoms with Crippen molar-refractivity contribution < 1.29 is 14.3 Å². The predicted octanol–water partition coefficient (Wildman–Crippen LogP) is 1.61. The second-order valence-corrected chi connectivity index (χ2v) is 7.96. The Bertz CT molecular complexity index is 454. The molecule has 0 aromatic heterocycles. The lowest BCUT2D eigenvalue weighted by atomic mass is 10.0. The van der Waals surface area contributed by atoms with Gasteiger partial charge in [-0.15, -0.1) is 24.0 Å². The number of aliphatic imine (C=N–C) groups is 1. The number of halogens is 1. The Balaban J connectivity index is 0.00000338. The molecule has 0 saturated carbocycles. The molecule has 0 aromatic carbocycles. The highest BCUT2D eigenvalue weighted by molar-refractivity contribution is 14.0. The Labute approximate surface area is 174 Å². The average Bonchev–Trinajstić information content (AvgIpc) is 3.04. The van der Waals surface area contributed by atoms with E-state index in [9.17, 15) is 4.79 Å². The molecule has 0 aromatic rings. The van der Waals surface area contributed by atoms with Gasteiger partial charge in [-0.25, -0.2) is 0 Å². The van der Waals surface area contributed by atoms with Crippen LogP contribution in [0, 0.1) is 5.92 Å². The molecule has 2 saturated heterocycles. The van der Waals surface area contributed by atoms with Crippen molar-refractivity contribution in [1.29, 1.82) is 0 Å². The summed E-state index contributed by atoms with van der Waals surface area (Å²) in [7, 11) is 1.72. The van der Waals surface area contributed by atoms with E-state index in [4.69, 9.17) is 9.47 Å². The molecule has 152 valence electrons. The molecule has 2 N–H and O–H groups in total. The zero-order chi connectivity index (χ0) is 18.3. The molecular formula is C18H35IN4O3. The normalized spacial score (nSPS) is 22.6. The van der Waals surface area contributed by atoms with Gasteiger partial charge in [0.05, 0.1) is 6.61 Å². The predicted molar refractivity (Wildman–Crippen MR) is 114 cm³/mol. The lowest BCUT2D eigenvalue weighted by Crippen LogP contribution is -2.50. The van der Waals surface area contributed by atoms with E-state index in [1.54, 1.807) is 7.05 Å². The number of hydrogen-bond donors (Lipinski definition) is 2. The molecule has 2 heterocycles. The summed E-state index contributed by atoms with van der Waals surface area (Å²) in [6.07, 6.45) is 3.36. The van der Waals surface area contributed by atoms with Crippen LogP contribution in [-0.2, 0) is 14.3 Å². The van der Waals surface area contributed by atoms with E-state index in [-0.39, 0.29) is 36.5 Å². The van der Waals surface area contributed by atoms with Crippen LogP contribution in [0.25, 0.3) is 0 Å². The fraction of sp³-hybridized carbons (Fsp3) is 0.889. The first kappa shape index (κ1) is 23.4. The quantitative estimate of drug-likeness (QED) is 0.269. The summed E-state index contributed by atoms with van der Waals surface area (Å²) in [5.41, 5.74) is -0.465. The third kappa shape index (κ3) is 8.85. The van der Waals surface area contributed by atoms with Gasteiger partial charge in [-0.3, -0.25) is 9.79 Å². The molecule has 0 amide bonds. The van der Waals surface area contributed by atoms with E-state index in [2.05, 4.69) is 20.5 Å². The number of hydrogen-bond acceptors (Lipinski definition) is 5. The van der Waals surface area contributed by atoms with Gasteiger partial charge >= 0.3 is 5.97 Å². The topological polar surface area (TPSA) is 75.2 Å². The van der Waals surface area contributed by atoms with Crippen LogP contribution in [0.2, 0.25) is 0 Å². The van der Waals surface area contributed by atoms with Gasteiger partial charge in [0.2, 0.25) is 0 Å². The second kappa shape index (κ2) is 11.3. The molecule has 0 radical (unpaired) electrons. The molecule has 2 aliphatic heterocycles. The van der Waals surface area contributed by atoms with E-state index >= 15 is 0 Å². The Morgan fingerprint density at radius 1 is 1.27 bits per heavy atom. The minimum atomic E-state index is -0.465. The minimum Gasteiger partial charge on any atom is -0.459 e. The van der Waals surface area contributed by atoms with Gasteiger partial charge in [-0.05, 0) is 46.0 Å². The number of nitrogens with one attached hydrogen (secondary N) is 2. The zero-order valence-electron chi connectivity index (χ0n) is 16.5. The largest absolute Gasteiger partial charge is 0.459 e. The Morgan fingerprint density at radius 3 is 2.50 bits per heavy atom. The first-order chi connectivity index (χ1) is 11.9. The lowest BCUT2D eigenvalue weighted by Gasteiger charge is -2.34. The zero-order valence-corrected chi connectivity index (χ0v) is 18.9. The number of likely N-dealkylation sites (tertiary alicyclic amines) is 1. The molecule has 2 rings (SSSR count). The van der Waals surface area contributed by atoms with Crippen molar-refractivity contribution in [2.24, 2.45) is 10.9 Å². The molecule has 0 aliphatic carbocycles.